The molecule has 4 aromatic rings. The first kappa shape index (κ1) is 20.0. The Bertz CT molecular complexity index is 1200. The number of fused-ring (bicyclic) bond motifs is 2. The number of hydrogen-bond donors (Lipinski definition) is 2. The molecule has 154 valence electrons. The van der Waals surface area contributed by atoms with Gasteiger partial charge >= 0.3 is 0 Å². The van der Waals surface area contributed by atoms with Gasteiger partial charge in [0.25, 0.3) is 11.8 Å². The van der Waals surface area contributed by atoms with Gasteiger partial charge in [-0.25, -0.2) is 9.97 Å². The number of rotatable bonds is 6. The fraction of sp³-hybridized carbons (Fsp3) is 0.238. The van der Waals surface area contributed by atoms with E-state index in [0.717, 1.165) is 38.6 Å². The van der Waals surface area contributed by atoms with Crippen LogP contribution in [0.1, 0.15) is 28.1 Å². The number of carbonyl (C=O) groups excluding carboxylic acids is 2. The molecule has 2 heterocycles. The molecule has 0 aliphatic rings. The molecule has 0 bridgehead atoms. The Balaban J connectivity index is 1.28. The molecular formula is C21H21N5O3S. The molecule has 30 heavy (non-hydrogen) atoms. The zero-order valence-corrected chi connectivity index (χ0v) is 17.5. The van der Waals surface area contributed by atoms with E-state index >= 15 is 0 Å². The smallest absolute Gasteiger partial charge is 0.269 e. The summed E-state index contributed by atoms with van der Waals surface area (Å²) in [6.45, 7) is 4.83. The van der Waals surface area contributed by atoms with E-state index in [1.54, 1.807) is 12.1 Å². The number of ether oxygens (including phenoxy) is 1. The molecule has 4 rings (SSSR count). The van der Waals surface area contributed by atoms with Gasteiger partial charge in [-0.2, -0.15) is 0 Å². The molecule has 0 spiro atoms. The second-order valence-electron chi connectivity index (χ2n) is 6.68. The van der Waals surface area contributed by atoms with Crippen molar-refractivity contribution in [2.45, 2.75) is 27.0 Å². The fourth-order valence-electron chi connectivity index (χ4n) is 3.24. The predicted molar refractivity (Wildman–Crippen MR) is 115 cm³/mol. The molecule has 8 nitrogen and oxygen atoms in total. The third-order valence-corrected chi connectivity index (χ3v) is 5.64. The highest BCUT2D eigenvalue weighted by Crippen LogP contribution is 2.22. The average molecular weight is 423 g/mol. The molecule has 0 saturated heterocycles. The van der Waals surface area contributed by atoms with Gasteiger partial charge in [-0.15, -0.1) is 11.3 Å². The average Bonchev–Trinajstić information content (AvgIpc) is 3.30. The third kappa shape index (κ3) is 4.17. The molecule has 2 N–H and O–H groups in total. The fourth-order valence-corrected chi connectivity index (χ4v) is 4.14. The molecule has 0 fully saturated rings. The maximum atomic E-state index is 12.3. The minimum Gasteiger partial charge on any atom is -0.364 e. The van der Waals surface area contributed by atoms with Gasteiger partial charge in [-0.3, -0.25) is 20.4 Å². The number of carbonyl (C=O) groups is 2. The number of para-hydroxylation sites is 1. The van der Waals surface area contributed by atoms with Crippen molar-refractivity contribution in [1.82, 2.24) is 25.4 Å². The van der Waals surface area contributed by atoms with Crippen LogP contribution in [0.3, 0.4) is 0 Å². The van der Waals surface area contributed by atoms with Crippen LogP contribution in [-0.2, 0) is 22.7 Å². The molecule has 0 aliphatic heterocycles. The highest BCUT2D eigenvalue weighted by molar-refractivity contribution is 7.18. The van der Waals surface area contributed by atoms with Crippen LogP contribution in [0, 0.1) is 6.92 Å². The molecule has 2 amide bonds. The van der Waals surface area contributed by atoms with E-state index in [0.29, 0.717) is 5.56 Å². The van der Waals surface area contributed by atoms with Crippen molar-refractivity contribution in [3.63, 3.8) is 0 Å². The summed E-state index contributed by atoms with van der Waals surface area (Å²) in [6, 6.07) is 13.1. The molecule has 9 heteroatoms. The van der Waals surface area contributed by atoms with Crippen LogP contribution in [0.5, 0.6) is 0 Å². The maximum absolute atomic E-state index is 12.3. The van der Waals surface area contributed by atoms with E-state index < -0.39 is 11.8 Å². The summed E-state index contributed by atoms with van der Waals surface area (Å²) >= 11 is 1.52. The Morgan fingerprint density at radius 2 is 1.93 bits per heavy atom. The monoisotopic (exact) mass is 423 g/mol. The van der Waals surface area contributed by atoms with Crippen LogP contribution in [0.25, 0.3) is 21.3 Å². The lowest BCUT2D eigenvalue weighted by atomic mass is 10.2. The second-order valence-corrected chi connectivity index (χ2v) is 7.79. The minimum atomic E-state index is -0.448. The molecule has 0 atom stereocenters. The number of hydrazine groups is 1. The predicted octanol–water partition coefficient (Wildman–Crippen LogP) is 2.95. The quantitative estimate of drug-likeness (QED) is 0.465. The summed E-state index contributed by atoms with van der Waals surface area (Å²) in [7, 11) is 0. The standard InChI is InChI=1S/C21H21N5O3S/c1-3-26-13(2)22-16-10-14(8-9-17(16)26)21(28)25-24-19(27)11-29-12-20-23-15-6-4-5-7-18(15)30-20/h4-10H,3,11-12H2,1-2H3,(H,24,27)(H,25,28). The molecular weight excluding hydrogens is 402 g/mol. The number of aromatic nitrogens is 3. The lowest BCUT2D eigenvalue weighted by Crippen LogP contribution is -2.43. The maximum Gasteiger partial charge on any atom is 0.269 e. The van der Waals surface area contributed by atoms with Gasteiger partial charge < -0.3 is 9.30 Å². The van der Waals surface area contributed by atoms with Crippen LogP contribution in [0.15, 0.2) is 42.5 Å². The van der Waals surface area contributed by atoms with Crippen molar-refractivity contribution >= 4 is 44.4 Å². The Morgan fingerprint density at radius 3 is 2.73 bits per heavy atom. The van der Waals surface area contributed by atoms with E-state index in [-0.39, 0.29) is 13.2 Å². The molecule has 0 aliphatic carbocycles. The first-order valence-corrected chi connectivity index (χ1v) is 10.3. The van der Waals surface area contributed by atoms with Crippen molar-refractivity contribution < 1.29 is 14.3 Å². The molecule has 2 aromatic heterocycles. The number of imidazole rings is 1. The summed E-state index contributed by atoms with van der Waals surface area (Å²) in [6.07, 6.45) is 0. The summed E-state index contributed by atoms with van der Waals surface area (Å²) in [5.41, 5.74) is 7.81. The van der Waals surface area contributed by atoms with Gasteiger partial charge in [-0.05, 0) is 44.2 Å². The van der Waals surface area contributed by atoms with E-state index in [2.05, 4.69) is 25.4 Å². The normalized spacial score (nSPS) is 11.1. The number of hydrogen-bond acceptors (Lipinski definition) is 6. The summed E-state index contributed by atoms with van der Waals surface area (Å²) in [5.74, 6) is 0.0282. The molecule has 0 radical (unpaired) electrons. The third-order valence-electron chi connectivity index (χ3n) is 4.63. The summed E-state index contributed by atoms with van der Waals surface area (Å²) < 4.78 is 8.55. The van der Waals surface area contributed by atoms with Gasteiger partial charge in [0, 0.05) is 12.1 Å². The van der Waals surface area contributed by atoms with E-state index in [9.17, 15) is 9.59 Å². The highest BCUT2D eigenvalue weighted by Gasteiger charge is 2.12. The van der Waals surface area contributed by atoms with Gasteiger partial charge in [0.15, 0.2) is 0 Å². The van der Waals surface area contributed by atoms with Crippen molar-refractivity contribution in [3.8, 4) is 0 Å². The summed E-state index contributed by atoms with van der Waals surface area (Å²) in [5, 5.41) is 0.795. The Morgan fingerprint density at radius 1 is 1.10 bits per heavy atom. The first-order chi connectivity index (χ1) is 14.5. The topological polar surface area (TPSA) is 98.1 Å². The molecule has 0 saturated carbocycles. The van der Waals surface area contributed by atoms with Crippen molar-refractivity contribution in [3.05, 3.63) is 58.9 Å². The SMILES string of the molecule is CCn1c(C)nc2cc(C(=O)NNC(=O)COCc3nc4ccccc4s3)ccc21. The van der Waals surface area contributed by atoms with Crippen LogP contribution >= 0.6 is 11.3 Å². The molecule has 2 aromatic carbocycles. The van der Waals surface area contributed by atoms with E-state index in [1.165, 1.54) is 11.3 Å². The van der Waals surface area contributed by atoms with Gasteiger partial charge in [0.2, 0.25) is 0 Å². The van der Waals surface area contributed by atoms with Crippen molar-refractivity contribution in [2.24, 2.45) is 0 Å². The number of nitrogens with zero attached hydrogens (tertiary/aromatic N) is 3. The van der Waals surface area contributed by atoms with Gasteiger partial charge in [0.1, 0.15) is 17.4 Å². The van der Waals surface area contributed by atoms with Crippen LogP contribution in [-0.4, -0.2) is 33.0 Å². The second kappa shape index (κ2) is 8.60. The van der Waals surface area contributed by atoms with E-state index in [4.69, 9.17) is 4.74 Å². The Labute approximate surface area is 176 Å². The number of aryl methyl sites for hydroxylation is 2. The number of benzene rings is 2. The van der Waals surface area contributed by atoms with Crippen molar-refractivity contribution in [2.75, 3.05) is 6.61 Å². The van der Waals surface area contributed by atoms with Crippen LogP contribution < -0.4 is 10.9 Å². The first-order valence-electron chi connectivity index (χ1n) is 9.53. The number of thiazole rings is 1. The van der Waals surface area contributed by atoms with Gasteiger partial charge in [0.05, 0.1) is 27.9 Å². The zero-order valence-electron chi connectivity index (χ0n) is 16.6. The van der Waals surface area contributed by atoms with Crippen LogP contribution in [0.2, 0.25) is 0 Å². The lowest BCUT2D eigenvalue weighted by molar-refractivity contribution is -0.126. The summed E-state index contributed by atoms with van der Waals surface area (Å²) in [4.78, 5) is 33.2. The minimum absolute atomic E-state index is 0.185. The zero-order chi connectivity index (χ0) is 21.1. The highest BCUT2D eigenvalue weighted by atomic mass is 32.1. The van der Waals surface area contributed by atoms with Crippen molar-refractivity contribution in [1.29, 1.82) is 0 Å². The van der Waals surface area contributed by atoms with E-state index in [1.807, 2.05) is 44.2 Å². The number of amides is 2. The largest absolute Gasteiger partial charge is 0.364 e. The van der Waals surface area contributed by atoms with Crippen LogP contribution in [0.4, 0.5) is 0 Å². The Hall–Kier alpha value is -3.30. The lowest BCUT2D eigenvalue weighted by Gasteiger charge is -2.08. The molecule has 0 unspecified atom stereocenters. The van der Waals surface area contributed by atoms with Gasteiger partial charge in [-0.1, -0.05) is 12.1 Å². The number of nitrogens with one attached hydrogen (secondary N) is 2. The Kier molecular flexibility index (Phi) is 5.73.